The number of allylic oxidation sites excluding steroid dienone is 1. The fraction of sp³-hybridized carbons (Fsp3) is 0.452. The van der Waals surface area contributed by atoms with Crippen molar-refractivity contribution in [3.63, 3.8) is 0 Å². The molecule has 210 valence electrons. The molecule has 2 saturated heterocycles. The summed E-state index contributed by atoms with van der Waals surface area (Å²) < 4.78 is 6.30. The van der Waals surface area contributed by atoms with Crippen LogP contribution in [-0.2, 0) is 17.8 Å². The summed E-state index contributed by atoms with van der Waals surface area (Å²) in [6.45, 7) is 7.53. The van der Waals surface area contributed by atoms with Crippen molar-refractivity contribution in [2.24, 2.45) is 5.92 Å². The van der Waals surface area contributed by atoms with E-state index in [1.165, 1.54) is 12.0 Å². The molecule has 1 N–H and O–H groups in total. The Labute approximate surface area is 235 Å². The van der Waals surface area contributed by atoms with Crippen LogP contribution >= 0.6 is 0 Å². The topological polar surface area (TPSA) is 85.3 Å². The van der Waals surface area contributed by atoms with Gasteiger partial charge in [0.1, 0.15) is 17.9 Å². The number of rotatable bonds is 7. The maximum Gasteiger partial charge on any atom is 0.318 e. The molecule has 3 aliphatic rings. The third-order valence-electron chi connectivity index (χ3n) is 8.35. The molecule has 3 aliphatic heterocycles. The van der Waals surface area contributed by atoms with Crippen molar-refractivity contribution in [1.29, 1.82) is 0 Å². The molecule has 0 spiro atoms. The lowest BCUT2D eigenvalue weighted by molar-refractivity contribution is -0.104. The first-order chi connectivity index (χ1) is 19.6. The van der Waals surface area contributed by atoms with Gasteiger partial charge < -0.3 is 29.4 Å². The Morgan fingerprint density at radius 3 is 2.73 bits per heavy atom. The maximum atomic E-state index is 10.8. The number of nitrogens with zero attached hydrogens (tertiary/aromatic N) is 6. The van der Waals surface area contributed by atoms with E-state index in [1.807, 2.05) is 36.5 Å². The number of phenolic OH excluding ortho intramolecular Hbond substituents is 1. The lowest BCUT2D eigenvalue weighted by atomic mass is 10.00. The summed E-state index contributed by atoms with van der Waals surface area (Å²) in [5.41, 5.74) is 3.19. The van der Waals surface area contributed by atoms with Crippen molar-refractivity contribution < 1.29 is 14.6 Å². The second-order valence-corrected chi connectivity index (χ2v) is 11.2. The van der Waals surface area contributed by atoms with Gasteiger partial charge in [-0.1, -0.05) is 24.3 Å². The number of fused-ring (bicyclic) bond motifs is 2. The molecule has 2 fully saturated rings. The van der Waals surface area contributed by atoms with Crippen molar-refractivity contribution >= 4 is 28.6 Å². The van der Waals surface area contributed by atoms with E-state index in [4.69, 9.17) is 14.7 Å². The Morgan fingerprint density at radius 1 is 1.05 bits per heavy atom. The Hall–Kier alpha value is -3.85. The van der Waals surface area contributed by atoms with E-state index in [0.717, 1.165) is 92.9 Å². The Morgan fingerprint density at radius 2 is 1.90 bits per heavy atom. The lowest BCUT2D eigenvalue weighted by Crippen LogP contribution is -2.45. The van der Waals surface area contributed by atoms with Gasteiger partial charge in [-0.05, 0) is 50.4 Å². The molecule has 0 radical (unpaired) electrons. The minimum absolute atomic E-state index is 0.269. The van der Waals surface area contributed by atoms with Crippen LogP contribution in [0.4, 0.5) is 11.5 Å². The van der Waals surface area contributed by atoms with Gasteiger partial charge in [0.15, 0.2) is 0 Å². The highest BCUT2D eigenvalue weighted by molar-refractivity contribution is 5.95. The van der Waals surface area contributed by atoms with E-state index in [1.54, 1.807) is 6.08 Å². The quantitative estimate of drug-likeness (QED) is 0.356. The molecule has 6 rings (SSSR count). The number of benzene rings is 2. The minimum Gasteiger partial charge on any atom is -0.508 e. The Bertz CT molecular complexity index is 1390. The molecule has 9 heteroatoms. The molecular formula is C31H38N6O3. The molecule has 1 aromatic heterocycles. The maximum absolute atomic E-state index is 10.8. The van der Waals surface area contributed by atoms with Gasteiger partial charge in [-0.2, -0.15) is 9.97 Å². The van der Waals surface area contributed by atoms with Crippen molar-refractivity contribution in [3.05, 3.63) is 59.9 Å². The van der Waals surface area contributed by atoms with Crippen LogP contribution < -0.4 is 14.5 Å². The number of hydrogen-bond acceptors (Lipinski definition) is 9. The number of aromatic hydroxyl groups is 1. The van der Waals surface area contributed by atoms with Gasteiger partial charge in [-0.3, -0.25) is 4.79 Å². The van der Waals surface area contributed by atoms with Crippen molar-refractivity contribution in [1.82, 2.24) is 19.8 Å². The number of hydrogen-bond donors (Lipinski definition) is 1. The lowest BCUT2D eigenvalue weighted by Gasteiger charge is -2.38. The zero-order valence-corrected chi connectivity index (χ0v) is 23.2. The van der Waals surface area contributed by atoms with Gasteiger partial charge in [0.25, 0.3) is 0 Å². The van der Waals surface area contributed by atoms with Gasteiger partial charge in [0.05, 0.1) is 18.8 Å². The average molecular weight is 543 g/mol. The summed E-state index contributed by atoms with van der Waals surface area (Å²) in [5, 5.41) is 12.6. The first-order valence-corrected chi connectivity index (χ1v) is 14.4. The number of anilines is 2. The summed E-state index contributed by atoms with van der Waals surface area (Å²) in [4.78, 5) is 29.9. The van der Waals surface area contributed by atoms with Crippen LogP contribution in [0.15, 0.2) is 48.7 Å². The molecule has 40 heavy (non-hydrogen) atoms. The molecule has 1 atom stereocenters. The fourth-order valence-corrected chi connectivity index (χ4v) is 6.30. The highest BCUT2D eigenvalue weighted by atomic mass is 16.5. The fourth-order valence-electron chi connectivity index (χ4n) is 6.30. The third-order valence-corrected chi connectivity index (χ3v) is 8.35. The number of piperidine rings is 1. The Balaban J connectivity index is 1.29. The molecule has 9 nitrogen and oxygen atoms in total. The van der Waals surface area contributed by atoms with Gasteiger partial charge in [-0.15, -0.1) is 0 Å². The smallest absolute Gasteiger partial charge is 0.318 e. The van der Waals surface area contributed by atoms with E-state index < -0.39 is 0 Å². The van der Waals surface area contributed by atoms with Crippen LogP contribution in [0.2, 0.25) is 0 Å². The number of carbonyl (C=O) groups excluding carboxylic acids is 1. The predicted octanol–water partition coefficient (Wildman–Crippen LogP) is 3.45. The van der Waals surface area contributed by atoms with Gasteiger partial charge in [-0.25, -0.2) is 0 Å². The van der Waals surface area contributed by atoms with Crippen LogP contribution in [-0.4, -0.2) is 90.6 Å². The van der Waals surface area contributed by atoms with Crippen molar-refractivity contribution in [2.75, 3.05) is 69.3 Å². The van der Waals surface area contributed by atoms with Crippen LogP contribution in [0.3, 0.4) is 0 Å². The number of ether oxygens (including phenoxy) is 1. The van der Waals surface area contributed by atoms with E-state index in [2.05, 4.69) is 32.7 Å². The van der Waals surface area contributed by atoms with Gasteiger partial charge in [0.2, 0.25) is 0 Å². The number of phenols is 1. The molecule has 3 aromatic rings. The van der Waals surface area contributed by atoms with E-state index >= 15 is 0 Å². The van der Waals surface area contributed by atoms with Crippen molar-refractivity contribution in [2.45, 2.75) is 25.8 Å². The van der Waals surface area contributed by atoms with E-state index in [0.29, 0.717) is 25.1 Å². The monoisotopic (exact) mass is 542 g/mol. The van der Waals surface area contributed by atoms with E-state index in [-0.39, 0.29) is 5.75 Å². The minimum atomic E-state index is 0.269. The Kier molecular flexibility index (Phi) is 7.73. The van der Waals surface area contributed by atoms with Gasteiger partial charge in [0, 0.05) is 74.1 Å². The molecular weight excluding hydrogens is 504 g/mol. The number of aldehydes is 1. The zero-order valence-electron chi connectivity index (χ0n) is 23.2. The molecule has 0 unspecified atom stereocenters. The summed E-state index contributed by atoms with van der Waals surface area (Å²) in [5.74, 6) is 1.72. The number of aromatic nitrogens is 2. The first kappa shape index (κ1) is 26.4. The molecule has 4 heterocycles. The summed E-state index contributed by atoms with van der Waals surface area (Å²) in [6.07, 6.45) is 7.41. The summed E-state index contributed by atoms with van der Waals surface area (Å²) >= 11 is 0. The van der Waals surface area contributed by atoms with Gasteiger partial charge >= 0.3 is 6.01 Å². The standard InChI is InChI=1S/C31H38N6O3/c1-34-10-4-6-23(20-34)22-40-31-32-28-21-37(29-19-25(39)18-24-7-2-3-8-26(24)29)12-9-27(28)30(33-31)36-15-13-35(14-16-36)11-5-17-38/h2-3,5,7-8,11,17-19,23,39H,4,6,9-10,12-16,20-22H2,1H3/t23-/m0/s1. The van der Waals surface area contributed by atoms with Crippen LogP contribution in [0.5, 0.6) is 11.8 Å². The highest BCUT2D eigenvalue weighted by Crippen LogP contribution is 2.36. The number of carbonyl (C=O) groups is 1. The van der Waals surface area contributed by atoms with Crippen LogP contribution in [0.25, 0.3) is 10.8 Å². The molecule has 0 amide bonds. The summed E-state index contributed by atoms with van der Waals surface area (Å²) in [7, 11) is 2.17. The normalized spacial score (nSPS) is 20.2. The average Bonchev–Trinajstić information content (AvgIpc) is 2.98. The summed E-state index contributed by atoms with van der Waals surface area (Å²) in [6, 6.07) is 12.3. The van der Waals surface area contributed by atoms with Crippen LogP contribution in [0, 0.1) is 5.92 Å². The molecule has 2 aromatic carbocycles. The third kappa shape index (κ3) is 5.70. The largest absolute Gasteiger partial charge is 0.508 e. The van der Waals surface area contributed by atoms with Crippen molar-refractivity contribution in [3.8, 4) is 11.8 Å². The second-order valence-electron chi connectivity index (χ2n) is 11.2. The predicted molar refractivity (Wildman–Crippen MR) is 157 cm³/mol. The number of piperazine rings is 1. The molecule has 0 aliphatic carbocycles. The van der Waals surface area contributed by atoms with E-state index in [9.17, 15) is 9.90 Å². The number of likely N-dealkylation sites (tertiary alicyclic amines) is 1. The second kappa shape index (κ2) is 11.7. The first-order valence-electron chi connectivity index (χ1n) is 14.4. The zero-order chi connectivity index (χ0) is 27.5. The highest BCUT2D eigenvalue weighted by Gasteiger charge is 2.28. The molecule has 0 bridgehead atoms. The van der Waals surface area contributed by atoms with Crippen LogP contribution in [0.1, 0.15) is 24.1 Å². The SMILES string of the molecule is CN1CCC[C@H](COc2nc3c(c(N4CCN(C=CC=O)CC4)n2)CCN(c2cc(O)cc4ccccc24)C3)C1. The molecule has 0 saturated carbocycles.